The lowest BCUT2D eigenvalue weighted by molar-refractivity contribution is -0.139. The summed E-state index contributed by atoms with van der Waals surface area (Å²) in [6.45, 7) is 5.39. The summed E-state index contributed by atoms with van der Waals surface area (Å²) in [5.41, 5.74) is 1.95. The molecule has 0 N–H and O–H groups in total. The van der Waals surface area contributed by atoms with Crippen LogP contribution in [0, 0.1) is 0 Å². The van der Waals surface area contributed by atoms with E-state index in [9.17, 15) is 9.59 Å². The summed E-state index contributed by atoms with van der Waals surface area (Å²) < 4.78 is 12.1. The molecule has 1 aliphatic rings. The third-order valence-corrected chi connectivity index (χ3v) is 5.44. The molecule has 4 rings (SSSR count). The molecule has 8 nitrogen and oxygen atoms in total. The van der Waals surface area contributed by atoms with Crippen LogP contribution in [0.3, 0.4) is 0 Å². The van der Waals surface area contributed by atoms with E-state index in [4.69, 9.17) is 14.5 Å². The van der Waals surface area contributed by atoms with Gasteiger partial charge in [-0.2, -0.15) is 0 Å². The van der Waals surface area contributed by atoms with E-state index < -0.39 is 0 Å². The van der Waals surface area contributed by atoms with Gasteiger partial charge in [-0.3, -0.25) is 19.1 Å². The Balaban J connectivity index is 1.74. The first-order valence-corrected chi connectivity index (χ1v) is 10.3. The number of aromatic nitrogens is 3. The zero-order valence-electron chi connectivity index (χ0n) is 18.2. The highest BCUT2D eigenvalue weighted by atomic mass is 16.5. The summed E-state index contributed by atoms with van der Waals surface area (Å²) in [5, 5.41) is 1.86. The molecular formula is C23H26N4O4. The second-order valence-electron chi connectivity index (χ2n) is 7.99. The summed E-state index contributed by atoms with van der Waals surface area (Å²) in [6, 6.07) is 9.25. The third-order valence-electron chi connectivity index (χ3n) is 5.44. The standard InChI is InChI=1S/C23H26N4O4/c1-14-12-27(13-15(2)31-14)23-25-20(10-21(28)26(23)3)16-5-6-17-11-24-19(8-18(17)7-16)9-22(29)30-4/h5-8,10-11,14-15H,9,12-13H2,1-4H3/t14-,15+. The molecule has 1 fully saturated rings. The fourth-order valence-corrected chi connectivity index (χ4v) is 3.96. The van der Waals surface area contributed by atoms with E-state index in [2.05, 4.69) is 9.88 Å². The number of methoxy groups -OCH3 is 1. The number of carbonyl (C=O) groups excluding carboxylic acids is 1. The van der Waals surface area contributed by atoms with Crippen molar-refractivity contribution in [3.63, 3.8) is 0 Å². The van der Waals surface area contributed by atoms with Crippen LogP contribution in [0.1, 0.15) is 19.5 Å². The van der Waals surface area contributed by atoms with Crippen molar-refractivity contribution in [2.45, 2.75) is 32.5 Å². The first kappa shape index (κ1) is 21.0. The van der Waals surface area contributed by atoms with Crippen molar-refractivity contribution in [3.8, 4) is 11.3 Å². The number of hydrogen-bond donors (Lipinski definition) is 0. The van der Waals surface area contributed by atoms with E-state index in [-0.39, 0.29) is 30.2 Å². The maximum Gasteiger partial charge on any atom is 0.311 e. The van der Waals surface area contributed by atoms with E-state index in [1.807, 2.05) is 38.1 Å². The molecule has 1 saturated heterocycles. The Bertz CT molecular complexity index is 1180. The van der Waals surface area contributed by atoms with Gasteiger partial charge in [-0.15, -0.1) is 0 Å². The summed E-state index contributed by atoms with van der Waals surface area (Å²) in [6.07, 6.45) is 1.96. The number of morpholine rings is 1. The van der Waals surface area contributed by atoms with Gasteiger partial charge in [0.15, 0.2) is 0 Å². The van der Waals surface area contributed by atoms with E-state index in [1.54, 1.807) is 23.9 Å². The lowest BCUT2D eigenvalue weighted by Gasteiger charge is -2.36. The Hall–Kier alpha value is -3.26. The van der Waals surface area contributed by atoms with Crippen LogP contribution in [-0.2, 0) is 27.7 Å². The quantitative estimate of drug-likeness (QED) is 0.597. The van der Waals surface area contributed by atoms with Gasteiger partial charge in [0.25, 0.3) is 5.56 Å². The van der Waals surface area contributed by atoms with Crippen LogP contribution in [0.2, 0.25) is 0 Å². The lowest BCUT2D eigenvalue weighted by Crippen LogP contribution is -2.47. The first-order valence-electron chi connectivity index (χ1n) is 10.3. The van der Waals surface area contributed by atoms with Gasteiger partial charge in [0, 0.05) is 43.4 Å². The van der Waals surface area contributed by atoms with Crippen molar-refractivity contribution in [1.29, 1.82) is 0 Å². The van der Waals surface area contributed by atoms with Crippen molar-refractivity contribution >= 4 is 22.7 Å². The molecule has 1 aliphatic heterocycles. The predicted octanol–water partition coefficient (Wildman–Crippen LogP) is 2.32. The molecule has 2 aromatic heterocycles. The van der Waals surface area contributed by atoms with Gasteiger partial charge in [-0.1, -0.05) is 12.1 Å². The number of rotatable bonds is 4. The lowest BCUT2D eigenvalue weighted by atomic mass is 10.1. The fraction of sp³-hybridized carbons (Fsp3) is 0.391. The predicted molar refractivity (Wildman–Crippen MR) is 118 cm³/mol. The second kappa shape index (κ2) is 8.47. The van der Waals surface area contributed by atoms with E-state index in [0.29, 0.717) is 30.4 Å². The third kappa shape index (κ3) is 4.44. The SMILES string of the molecule is COC(=O)Cc1cc2cc(-c3cc(=O)n(C)c(N4C[C@@H](C)O[C@@H](C)C4)n3)ccc2cn1. The molecule has 3 aromatic rings. The fourth-order valence-electron chi connectivity index (χ4n) is 3.96. The molecule has 0 unspecified atom stereocenters. The minimum Gasteiger partial charge on any atom is -0.469 e. The molecule has 31 heavy (non-hydrogen) atoms. The van der Waals surface area contributed by atoms with Crippen LogP contribution in [0.15, 0.2) is 41.3 Å². The molecule has 2 atom stereocenters. The summed E-state index contributed by atoms with van der Waals surface area (Å²) in [5.74, 6) is 0.292. The van der Waals surface area contributed by atoms with Crippen molar-refractivity contribution < 1.29 is 14.3 Å². The van der Waals surface area contributed by atoms with Crippen LogP contribution in [0.25, 0.3) is 22.0 Å². The number of esters is 1. The van der Waals surface area contributed by atoms with Crippen LogP contribution < -0.4 is 10.5 Å². The number of fused-ring (bicyclic) bond motifs is 1. The topological polar surface area (TPSA) is 86.6 Å². The Morgan fingerprint density at radius 1 is 1.16 bits per heavy atom. The zero-order chi connectivity index (χ0) is 22.1. The van der Waals surface area contributed by atoms with Crippen molar-refractivity contribution in [3.05, 3.63) is 52.6 Å². The van der Waals surface area contributed by atoms with Gasteiger partial charge in [0.1, 0.15) is 0 Å². The summed E-state index contributed by atoms with van der Waals surface area (Å²) in [4.78, 5) is 35.6. The van der Waals surface area contributed by atoms with Gasteiger partial charge in [0.2, 0.25) is 5.95 Å². The number of nitrogens with zero attached hydrogens (tertiary/aromatic N) is 4. The minimum atomic E-state index is -0.338. The molecule has 0 amide bonds. The van der Waals surface area contributed by atoms with E-state index >= 15 is 0 Å². The molecule has 0 radical (unpaired) electrons. The van der Waals surface area contributed by atoms with E-state index in [1.165, 1.54) is 7.11 Å². The number of ether oxygens (including phenoxy) is 2. The Labute approximate surface area is 180 Å². The Morgan fingerprint density at radius 3 is 2.61 bits per heavy atom. The molecule has 0 spiro atoms. The van der Waals surface area contributed by atoms with Crippen LogP contribution in [0.5, 0.6) is 0 Å². The number of anilines is 1. The van der Waals surface area contributed by atoms with Gasteiger partial charge < -0.3 is 14.4 Å². The number of benzene rings is 1. The van der Waals surface area contributed by atoms with Crippen LogP contribution in [0.4, 0.5) is 5.95 Å². The number of carbonyl (C=O) groups is 1. The largest absolute Gasteiger partial charge is 0.469 e. The van der Waals surface area contributed by atoms with Gasteiger partial charge in [-0.25, -0.2) is 4.98 Å². The minimum absolute atomic E-state index is 0.0608. The van der Waals surface area contributed by atoms with Crippen molar-refractivity contribution in [2.24, 2.45) is 7.05 Å². The van der Waals surface area contributed by atoms with Gasteiger partial charge in [0.05, 0.1) is 37.1 Å². The molecule has 0 aliphatic carbocycles. The Kier molecular flexibility index (Phi) is 5.73. The normalized spacial score (nSPS) is 18.9. The second-order valence-corrected chi connectivity index (χ2v) is 7.99. The number of hydrogen-bond acceptors (Lipinski definition) is 7. The monoisotopic (exact) mass is 422 g/mol. The van der Waals surface area contributed by atoms with Gasteiger partial charge >= 0.3 is 5.97 Å². The van der Waals surface area contributed by atoms with Gasteiger partial charge in [-0.05, 0) is 31.4 Å². The molecule has 0 bridgehead atoms. The maximum atomic E-state index is 12.7. The molecule has 8 heteroatoms. The van der Waals surface area contributed by atoms with Crippen LogP contribution >= 0.6 is 0 Å². The van der Waals surface area contributed by atoms with Crippen LogP contribution in [-0.4, -0.2) is 52.9 Å². The average molecular weight is 422 g/mol. The highest BCUT2D eigenvalue weighted by Gasteiger charge is 2.25. The van der Waals surface area contributed by atoms with Crippen molar-refractivity contribution in [1.82, 2.24) is 14.5 Å². The van der Waals surface area contributed by atoms with E-state index in [0.717, 1.165) is 16.3 Å². The molecule has 1 aromatic carbocycles. The summed E-state index contributed by atoms with van der Waals surface area (Å²) >= 11 is 0. The average Bonchev–Trinajstić information content (AvgIpc) is 2.74. The summed E-state index contributed by atoms with van der Waals surface area (Å²) in [7, 11) is 3.10. The number of pyridine rings is 1. The highest BCUT2D eigenvalue weighted by molar-refractivity contribution is 5.87. The molecular weight excluding hydrogens is 396 g/mol. The smallest absolute Gasteiger partial charge is 0.311 e. The maximum absolute atomic E-state index is 12.7. The first-order chi connectivity index (χ1) is 14.8. The Morgan fingerprint density at radius 2 is 1.90 bits per heavy atom. The molecule has 3 heterocycles. The molecule has 162 valence electrons. The molecule has 0 saturated carbocycles. The highest BCUT2D eigenvalue weighted by Crippen LogP contribution is 2.25. The zero-order valence-corrected chi connectivity index (χ0v) is 18.2. The van der Waals surface area contributed by atoms with Crippen molar-refractivity contribution in [2.75, 3.05) is 25.1 Å².